The van der Waals surface area contributed by atoms with E-state index in [1.54, 1.807) is 13.8 Å². The van der Waals surface area contributed by atoms with Gasteiger partial charge in [-0.15, -0.1) is 0 Å². The maximum atomic E-state index is 12.4. The topological polar surface area (TPSA) is 97.8 Å². The van der Waals surface area contributed by atoms with Gasteiger partial charge in [-0.1, -0.05) is 0 Å². The molecule has 2 rings (SSSR count). The summed E-state index contributed by atoms with van der Waals surface area (Å²) in [4.78, 5) is 2.35. The molecule has 2 heterocycles. The van der Waals surface area contributed by atoms with Gasteiger partial charge in [0.05, 0.1) is 13.2 Å². The van der Waals surface area contributed by atoms with Gasteiger partial charge in [0.15, 0.2) is 0 Å². The number of nitrogens with one attached hydrogen (secondary N) is 1. The minimum absolute atomic E-state index is 0.142. The van der Waals surface area contributed by atoms with Crippen LogP contribution < -0.4 is 10.5 Å². The summed E-state index contributed by atoms with van der Waals surface area (Å²) in [5.74, 6) is 0.940. The van der Waals surface area contributed by atoms with E-state index >= 15 is 0 Å². The average molecular weight is 317 g/mol. The van der Waals surface area contributed by atoms with Gasteiger partial charge < -0.3 is 14.9 Å². The van der Waals surface area contributed by atoms with Crippen molar-refractivity contribution in [3.8, 4) is 0 Å². The molecule has 1 saturated heterocycles. The van der Waals surface area contributed by atoms with Crippen molar-refractivity contribution in [1.29, 1.82) is 0 Å². The van der Waals surface area contributed by atoms with E-state index in [0.29, 0.717) is 43.4 Å². The normalized spacial score (nSPS) is 17.3. The van der Waals surface area contributed by atoms with Crippen LogP contribution in [0.5, 0.6) is 0 Å². The molecule has 0 aliphatic carbocycles. The zero-order valence-corrected chi connectivity index (χ0v) is 13.3. The maximum Gasteiger partial charge on any atom is 0.244 e. The molecule has 1 aromatic heterocycles. The van der Waals surface area contributed by atoms with E-state index in [1.165, 1.54) is 0 Å². The molecule has 0 unspecified atom stereocenters. The van der Waals surface area contributed by atoms with Crippen LogP contribution >= 0.6 is 0 Å². The lowest BCUT2D eigenvalue weighted by molar-refractivity contribution is 0.0390. The molecule has 1 aromatic rings. The highest BCUT2D eigenvalue weighted by atomic mass is 32.2. The molecule has 1 aliphatic heterocycles. The molecule has 3 N–H and O–H groups in total. The monoisotopic (exact) mass is 317 g/mol. The minimum atomic E-state index is -3.60. The van der Waals surface area contributed by atoms with Crippen molar-refractivity contribution in [2.45, 2.75) is 25.3 Å². The molecular weight excluding hydrogens is 294 g/mol. The number of hydrogen-bond acceptors (Lipinski definition) is 6. The Morgan fingerprint density at radius 3 is 2.52 bits per heavy atom. The van der Waals surface area contributed by atoms with Gasteiger partial charge in [0.1, 0.15) is 16.4 Å². The van der Waals surface area contributed by atoms with Crippen molar-refractivity contribution in [3.63, 3.8) is 0 Å². The number of rotatable bonds is 6. The summed E-state index contributed by atoms with van der Waals surface area (Å²) >= 11 is 0. The first-order valence-electron chi connectivity index (χ1n) is 7.04. The molecule has 0 saturated carbocycles. The van der Waals surface area contributed by atoms with Crippen LogP contribution in [-0.4, -0.2) is 52.7 Å². The molecule has 1 fully saturated rings. The van der Waals surface area contributed by atoms with Crippen LogP contribution in [-0.2, 0) is 21.3 Å². The van der Waals surface area contributed by atoms with Crippen LogP contribution in [0.4, 0.5) is 0 Å². The summed E-state index contributed by atoms with van der Waals surface area (Å²) in [5.41, 5.74) is 6.18. The van der Waals surface area contributed by atoms with Crippen LogP contribution in [0.15, 0.2) is 9.31 Å². The van der Waals surface area contributed by atoms with Gasteiger partial charge in [-0.25, -0.2) is 13.1 Å². The van der Waals surface area contributed by atoms with Crippen molar-refractivity contribution in [1.82, 2.24) is 9.62 Å². The fraction of sp³-hybridized carbons (Fsp3) is 0.692. The van der Waals surface area contributed by atoms with Crippen molar-refractivity contribution in [2.24, 2.45) is 5.73 Å². The van der Waals surface area contributed by atoms with Gasteiger partial charge in [-0.2, -0.15) is 0 Å². The molecule has 0 aromatic carbocycles. The van der Waals surface area contributed by atoms with E-state index in [-0.39, 0.29) is 11.4 Å². The highest BCUT2D eigenvalue weighted by Crippen LogP contribution is 2.25. The number of nitrogens with two attached hydrogens (primary N) is 1. The van der Waals surface area contributed by atoms with Crippen molar-refractivity contribution in [3.05, 3.63) is 17.1 Å². The first kappa shape index (κ1) is 16.4. The largest absolute Gasteiger partial charge is 0.465 e. The van der Waals surface area contributed by atoms with Gasteiger partial charge in [0, 0.05) is 38.3 Å². The third kappa shape index (κ3) is 3.83. The van der Waals surface area contributed by atoms with Crippen LogP contribution in [0.1, 0.15) is 17.1 Å². The Labute approximate surface area is 125 Å². The van der Waals surface area contributed by atoms with E-state index in [2.05, 4.69) is 9.62 Å². The highest BCUT2D eigenvalue weighted by Gasteiger charge is 2.26. The van der Waals surface area contributed by atoms with Crippen molar-refractivity contribution < 1.29 is 17.6 Å². The molecule has 21 heavy (non-hydrogen) atoms. The minimum Gasteiger partial charge on any atom is -0.465 e. The molecule has 0 radical (unpaired) electrons. The quantitative estimate of drug-likeness (QED) is 0.764. The fourth-order valence-electron chi connectivity index (χ4n) is 2.53. The average Bonchev–Trinajstić information content (AvgIpc) is 2.74. The van der Waals surface area contributed by atoms with E-state index in [9.17, 15) is 8.42 Å². The van der Waals surface area contributed by atoms with Crippen molar-refractivity contribution >= 4 is 10.0 Å². The number of ether oxygens (including phenoxy) is 1. The zero-order chi connectivity index (χ0) is 15.5. The van der Waals surface area contributed by atoms with Gasteiger partial charge >= 0.3 is 0 Å². The summed E-state index contributed by atoms with van der Waals surface area (Å²) in [6.45, 7) is 7.59. The molecular formula is C13H23N3O4S. The Balaban J connectivity index is 2.01. The van der Waals surface area contributed by atoms with Crippen LogP contribution in [0.2, 0.25) is 0 Å². The van der Waals surface area contributed by atoms with Gasteiger partial charge in [-0.05, 0) is 13.8 Å². The lowest BCUT2D eigenvalue weighted by Crippen LogP contribution is -2.41. The van der Waals surface area contributed by atoms with Crippen LogP contribution in [0, 0.1) is 13.8 Å². The summed E-state index contributed by atoms with van der Waals surface area (Å²) < 4.78 is 38.1. The Hall–Kier alpha value is -0.930. The van der Waals surface area contributed by atoms with Gasteiger partial charge in [0.2, 0.25) is 10.0 Å². The lowest BCUT2D eigenvalue weighted by Gasteiger charge is -2.26. The number of furan rings is 1. The number of aryl methyl sites for hydroxylation is 2. The Kier molecular flexibility index (Phi) is 5.39. The van der Waals surface area contributed by atoms with Gasteiger partial charge in [0.25, 0.3) is 0 Å². The molecule has 0 atom stereocenters. The molecule has 0 amide bonds. The molecule has 0 bridgehead atoms. The Morgan fingerprint density at radius 2 is 1.90 bits per heavy atom. The summed E-state index contributed by atoms with van der Waals surface area (Å²) in [7, 11) is -3.60. The molecule has 120 valence electrons. The fourth-order valence-corrected chi connectivity index (χ4v) is 4.01. The maximum absolute atomic E-state index is 12.4. The second kappa shape index (κ2) is 6.89. The lowest BCUT2D eigenvalue weighted by atomic mass is 10.2. The second-order valence-corrected chi connectivity index (χ2v) is 6.78. The van der Waals surface area contributed by atoms with E-state index in [0.717, 1.165) is 13.1 Å². The SMILES string of the molecule is Cc1oc(C)c(S(=O)(=O)NCCN2CCOCC2)c1CN. The predicted molar refractivity (Wildman–Crippen MR) is 78.5 cm³/mol. The Bertz CT molecular complexity index is 576. The summed E-state index contributed by atoms with van der Waals surface area (Å²) in [6, 6.07) is 0. The molecule has 1 aliphatic rings. The van der Waals surface area contributed by atoms with E-state index in [1.807, 2.05) is 0 Å². The third-order valence-corrected chi connectivity index (χ3v) is 5.28. The zero-order valence-electron chi connectivity index (χ0n) is 12.5. The predicted octanol–water partition coefficient (Wildman–Crippen LogP) is -0.0344. The molecule has 7 nitrogen and oxygen atoms in total. The van der Waals surface area contributed by atoms with Crippen molar-refractivity contribution in [2.75, 3.05) is 39.4 Å². The third-order valence-electron chi connectivity index (χ3n) is 3.62. The van der Waals surface area contributed by atoms with E-state index < -0.39 is 10.0 Å². The first-order chi connectivity index (χ1) is 9.95. The highest BCUT2D eigenvalue weighted by molar-refractivity contribution is 7.89. The number of morpholine rings is 1. The Morgan fingerprint density at radius 1 is 1.24 bits per heavy atom. The van der Waals surface area contributed by atoms with Crippen LogP contribution in [0.3, 0.4) is 0 Å². The second-order valence-electron chi connectivity index (χ2n) is 5.08. The summed E-state index contributed by atoms with van der Waals surface area (Å²) in [5, 5.41) is 0. The van der Waals surface area contributed by atoms with Gasteiger partial charge in [-0.3, -0.25) is 4.90 Å². The first-order valence-corrected chi connectivity index (χ1v) is 8.52. The summed E-state index contributed by atoms with van der Waals surface area (Å²) in [6.07, 6.45) is 0. The van der Waals surface area contributed by atoms with E-state index in [4.69, 9.17) is 14.9 Å². The smallest absolute Gasteiger partial charge is 0.244 e. The molecule has 8 heteroatoms. The molecule has 0 spiro atoms. The number of nitrogens with zero attached hydrogens (tertiary/aromatic N) is 1. The number of sulfonamides is 1. The standard InChI is InChI=1S/C13H23N3O4S/c1-10-12(9-14)13(11(2)20-10)21(17,18)15-3-4-16-5-7-19-8-6-16/h15H,3-9,14H2,1-2H3. The number of hydrogen-bond donors (Lipinski definition) is 2. The van der Waals surface area contributed by atoms with Crippen LogP contribution in [0.25, 0.3) is 0 Å².